The van der Waals surface area contributed by atoms with E-state index < -0.39 is 0 Å². The molecule has 0 radical (unpaired) electrons. The molecule has 1 heterocycles. The topological polar surface area (TPSA) is 48.9 Å². The molecule has 25 heavy (non-hydrogen) atoms. The molecule has 0 aliphatic carbocycles. The molecule has 1 aromatic rings. The van der Waals surface area contributed by atoms with Gasteiger partial charge in [0.15, 0.2) is 5.96 Å². The first-order valence-electron chi connectivity index (χ1n) is 8.83. The number of nitrogens with one attached hydrogen (secondary N) is 2. The van der Waals surface area contributed by atoms with Crippen molar-refractivity contribution in [2.75, 3.05) is 40.8 Å². The molecule has 1 saturated heterocycles. The lowest BCUT2D eigenvalue weighted by atomic mass is 9.98. The molecule has 2 atom stereocenters. The molecule has 2 unspecified atom stereocenters. The number of aliphatic imine (C=N–C) groups is 1. The van der Waals surface area contributed by atoms with Crippen LogP contribution in [0.2, 0.25) is 0 Å². The number of guanidine groups is 1. The Balaban J connectivity index is 0.00000312. The van der Waals surface area contributed by atoms with Gasteiger partial charge in [-0.25, -0.2) is 0 Å². The molecule has 1 aliphatic heterocycles. The number of hydrogen-bond donors (Lipinski definition) is 2. The molecule has 5 nitrogen and oxygen atoms in total. The van der Waals surface area contributed by atoms with Gasteiger partial charge in [-0.1, -0.05) is 17.7 Å². The van der Waals surface area contributed by atoms with Crippen LogP contribution in [-0.2, 0) is 0 Å². The summed E-state index contributed by atoms with van der Waals surface area (Å²) in [5.41, 5.74) is 2.38. The van der Waals surface area contributed by atoms with Gasteiger partial charge < -0.3 is 20.3 Å². The van der Waals surface area contributed by atoms with Gasteiger partial charge in [-0.2, -0.15) is 0 Å². The van der Waals surface area contributed by atoms with E-state index in [9.17, 15) is 0 Å². The number of benzene rings is 1. The summed E-state index contributed by atoms with van der Waals surface area (Å²) in [5, 5.41) is 6.96. The highest BCUT2D eigenvalue weighted by Crippen LogP contribution is 2.26. The number of nitrogens with zero attached hydrogens (tertiary/aromatic N) is 2. The molecule has 2 N–H and O–H groups in total. The summed E-state index contributed by atoms with van der Waals surface area (Å²) in [6, 6.07) is 6.39. The van der Waals surface area contributed by atoms with Crippen LogP contribution in [0.1, 0.15) is 36.9 Å². The second kappa shape index (κ2) is 10.9. The second-order valence-corrected chi connectivity index (χ2v) is 6.84. The Morgan fingerprint density at radius 1 is 1.44 bits per heavy atom. The minimum Gasteiger partial charge on any atom is -0.496 e. The van der Waals surface area contributed by atoms with Crippen LogP contribution in [0.4, 0.5) is 0 Å². The van der Waals surface area contributed by atoms with Gasteiger partial charge in [-0.3, -0.25) is 4.99 Å². The van der Waals surface area contributed by atoms with E-state index >= 15 is 0 Å². The zero-order valence-electron chi connectivity index (χ0n) is 16.1. The molecule has 0 spiro atoms. The van der Waals surface area contributed by atoms with Gasteiger partial charge >= 0.3 is 0 Å². The first-order chi connectivity index (χ1) is 11.5. The predicted octanol–water partition coefficient (Wildman–Crippen LogP) is 3.19. The number of hydrogen-bond acceptors (Lipinski definition) is 3. The van der Waals surface area contributed by atoms with E-state index in [1.54, 1.807) is 7.11 Å². The van der Waals surface area contributed by atoms with Gasteiger partial charge in [0.05, 0.1) is 13.2 Å². The third-order valence-electron chi connectivity index (χ3n) is 4.71. The average molecular weight is 460 g/mol. The first kappa shape index (κ1) is 22.0. The Morgan fingerprint density at radius 3 is 2.84 bits per heavy atom. The monoisotopic (exact) mass is 460 g/mol. The van der Waals surface area contributed by atoms with Gasteiger partial charge in [0.1, 0.15) is 5.75 Å². The van der Waals surface area contributed by atoms with Crippen molar-refractivity contribution in [3.8, 4) is 5.75 Å². The van der Waals surface area contributed by atoms with E-state index in [0.717, 1.165) is 30.4 Å². The minimum absolute atomic E-state index is 0. The number of halogens is 1. The summed E-state index contributed by atoms with van der Waals surface area (Å²) >= 11 is 0. The fourth-order valence-corrected chi connectivity index (χ4v) is 3.35. The first-order valence-corrected chi connectivity index (χ1v) is 8.83. The van der Waals surface area contributed by atoms with E-state index in [1.807, 2.05) is 13.1 Å². The van der Waals surface area contributed by atoms with Crippen LogP contribution in [0.5, 0.6) is 5.75 Å². The van der Waals surface area contributed by atoms with E-state index in [2.05, 4.69) is 53.6 Å². The van der Waals surface area contributed by atoms with Crippen LogP contribution in [0.25, 0.3) is 0 Å². The van der Waals surface area contributed by atoms with E-state index in [1.165, 1.54) is 24.9 Å². The highest BCUT2D eigenvalue weighted by molar-refractivity contribution is 14.0. The highest BCUT2D eigenvalue weighted by Gasteiger charge is 2.18. The lowest BCUT2D eigenvalue weighted by molar-refractivity contribution is 0.210. The zero-order chi connectivity index (χ0) is 17.5. The summed E-state index contributed by atoms with van der Waals surface area (Å²) in [6.07, 6.45) is 2.57. The summed E-state index contributed by atoms with van der Waals surface area (Å²) in [5.74, 6) is 2.44. The largest absolute Gasteiger partial charge is 0.496 e. The number of likely N-dealkylation sites (tertiary alicyclic amines) is 1. The van der Waals surface area contributed by atoms with Crippen LogP contribution in [-0.4, -0.2) is 51.7 Å². The molecule has 1 aliphatic rings. The number of rotatable bonds is 5. The van der Waals surface area contributed by atoms with Crippen molar-refractivity contribution in [1.82, 2.24) is 15.5 Å². The Morgan fingerprint density at radius 2 is 2.20 bits per heavy atom. The van der Waals surface area contributed by atoms with Crippen molar-refractivity contribution < 1.29 is 4.74 Å². The smallest absolute Gasteiger partial charge is 0.191 e. The Kier molecular flexibility index (Phi) is 9.56. The molecule has 1 fully saturated rings. The van der Waals surface area contributed by atoms with Crippen LogP contribution in [0, 0.1) is 12.8 Å². The van der Waals surface area contributed by atoms with Crippen molar-refractivity contribution >= 4 is 29.9 Å². The number of aryl methyl sites for hydroxylation is 1. The van der Waals surface area contributed by atoms with Gasteiger partial charge in [0.2, 0.25) is 0 Å². The second-order valence-electron chi connectivity index (χ2n) is 6.84. The van der Waals surface area contributed by atoms with Crippen LogP contribution < -0.4 is 15.4 Å². The molecule has 0 amide bonds. The van der Waals surface area contributed by atoms with Gasteiger partial charge in [-0.05, 0) is 52.3 Å². The SMILES string of the molecule is CN=C(NCC1CCCN(C)C1)NC(C)c1cc(C)ccc1OC.I. The highest BCUT2D eigenvalue weighted by atomic mass is 127. The van der Waals surface area contributed by atoms with Crippen LogP contribution >= 0.6 is 24.0 Å². The maximum atomic E-state index is 5.50. The summed E-state index contributed by atoms with van der Waals surface area (Å²) < 4.78 is 5.50. The normalized spacial score (nSPS) is 19.7. The number of methoxy groups -OCH3 is 1. The number of piperidine rings is 1. The Hall–Kier alpha value is -1.02. The fraction of sp³-hybridized carbons (Fsp3) is 0.632. The van der Waals surface area contributed by atoms with E-state index in [0.29, 0.717) is 5.92 Å². The van der Waals surface area contributed by atoms with Crippen LogP contribution in [0.3, 0.4) is 0 Å². The quantitative estimate of drug-likeness (QED) is 0.403. The fourth-order valence-electron chi connectivity index (χ4n) is 3.35. The van der Waals surface area contributed by atoms with E-state index in [4.69, 9.17) is 4.74 Å². The molecule has 142 valence electrons. The van der Waals surface area contributed by atoms with Gasteiger partial charge in [-0.15, -0.1) is 24.0 Å². The average Bonchev–Trinajstić information content (AvgIpc) is 2.58. The zero-order valence-corrected chi connectivity index (χ0v) is 18.5. The Bertz CT molecular complexity index is 564. The van der Waals surface area contributed by atoms with Crippen LogP contribution in [0.15, 0.2) is 23.2 Å². The standard InChI is InChI=1S/C19H32N4O.HI/c1-14-8-9-18(24-5)17(11-14)15(2)22-19(20-3)21-12-16-7-6-10-23(4)13-16;/h8-9,11,15-16H,6-7,10,12-13H2,1-5H3,(H2,20,21,22);1H. The molecule has 6 heteroatoms. The lowest BCUT2D eigenvalue weighted by Crippen LogP contribution is -2.44. The maximum absolute atomic E-state index is 5.50. The summed E-state index contributed by atoms with van der Waals surface area (Å²) in [4.78, 5) is 6.78. The molecule has 1 aromatic carbocycles. The van der Waals surface area contributed by atoms with Gasteiger partial charge in [0.25, 0.3) is 0 Å². The molecule has 2 rings (SSSR count). The third kappa shape index (κ3) is 6.66. The predicted molar refractivity (Wildman–Crippen MR) is 116 cm³/mol. The Labute approximate surface area is 169 Å². The van der Waals surface area contributed by atoms with Crippen molar-refractivity contribution in [3.63, 3.8) is 0 Å². The van der Waals surface area contributed by atoms with E-state index in [-0.39, 0.29) is 30.0 Å². The van der Waals surface area contributed by atoms with Crippen molar-refractivity contribution in [1.29, 1.82) is 0 Å². The van der Waals surface area contributed by atoms with Gasteiger partial charge in [0, 0.05) is 25.7 Å². The number of ether oxygens (including phenoxy) is 1. The summed E-state index contributed by atoms with van der Waals surface area (Å²) in [6.45, 7) is 7.57. The van der Waals surface area contributed by atoms with Crippen molar-refractivity contribution in [2.24, 2.45) is 10.9 Å². The van der Waals surface area contributed by atoms with Crippen molar-refractivity contribution in [3.05, 3.63) is 29.3 Å². The molecular formula is C19H33IN4O. The molecule has 0 saturated carbocycles. The molecule has 0 bridgehead atoms. The summed E-state index contributed by atoms with van der Waals surface area (Å²) in [7, 11) is 5.74. The molecular weight excluding hydrogens is 427 g/mol. The molecule has 0 aromatic heterocycles. The maximum Gasteiger partial charge on any atom is 0.191 e. The third-order valence-corrected chi connectivity index (χ3v) is 4.71. The minimum atomic E-state index is 0. The lowest BCUT2D eigenvalue weighted by Gasteiger charge is -2.30. The van der Waals surface area contributed by atoms with Crippen molar-refractivity contribution in [2.45, 2.75) is 32.7 Å².